The van der Waals surface area contributed by atoms with Gasteiger partial charge in [-0.05, 0) is 43.7 Å². The van der Waals surface area contributed by atoms with Crippen molar-refractivity contribution in [2.75, 3.05) is 5.32 Å². The molecule has 0 unspecified atom stereocenters. The van der Waals surface area contributed by atoms with Gasteiger partial charge in [0.2, 0.25) is 0 Å². The zero-order valence-corrected chi connectivity index (χ0v) is 16.9. The van der Waals surface area contributed by atoms with Crippen molar-refractivity contribution in [3.05, 3.63) is 88.2 Å². The molecule has 29 heavy (non-hydrogen) atoms. The van der Waals surface area contributed by atoms with Gasteiger partial charge in [0, 0.05) is 40.7 Å². The normalized spacial score (nSPS) is 10.9. The molecule has 4 rings (SSSR count). The van der Waals surface area contributed by atoms with Gasteiger partial charge in [0.1, 0.15) is 18.0 Å². The Morgan fingerprint density at radius 3 is 2.86 bits per heavy atom. The molecule has 0 aliphatic heterocycles. The molecule has 0 fully saturated rings. The Hall–Kier alpha value is -3.31. The Balaban J connectivity index is 1.50. The zero-order valence-electron chi connectivity index (χ0n) is 16.1. The molecule has 6 heteroatoms. The summed E-state index contributed by atoms with van der Waals surface area (Å²) in [5.41, 5.74) is 4.83. The Labute approximate surface area is 173 Å². The van der Waals surface area contributed by atoms with Crippen LogP contribution < -0.4 is 10.1 Å². The van der Waals surface area contributed by atoms with Crippen LogP contribution in [0.3, 0.4) is 0 Å². The predicted molar refractivity (Wildman–Crippen MR) is 116 cm³/mol. The minimum atomic E-state index is -0.159. The van der Waals surface area contributed by atoms with Crippen molar-refractivity contribution in [3.8, 4) is 5.75 Å². The van der Waals surface area contributed by atoms with Crippen LogP contribution in [-0.4, -0.2) is 15.9 Å². The maximum atomic E-state index is 12.5. The second-order valence-corrected chi connectivity index (χ2v) is 7.31. The lowest BCUT2D eigenvalue weighted by Gasteiger charge is -2.13. The van der Waals surface area contributed by atoms with Crippen molar-refractivity contribution in [2.45, 2.75) is 20.5 Å². The number of nitrogens with zero attached hydrogens (tertiary/aromatic N) is 1. The van der Waals surface area contributed by atoms with Gasteiger partial charge in [-0.25, -0.2) is 4.98 Å². The minimum Gasteiger partial charge on any atom is -0.488 e. The lowest BCUT2D eigenvalue weighted by molar-refractivity contribution is 0.102. The number of benzene rings is 2. The number of ether oxygens (including phenoxy) is 1. The highest BCUT2D eigenvalue weighted by Crippen LogP contribution is 2.28. The van der Waals surface area contributed by atoms with E-state index in [2.05, 4.69) is 15.3 Å². The molecule has 0 atom stereocenters. The zero-order chi connectivity index (χ0) is 20.4. The van der Waals surface area contributed by atoms with Gasteiger partial charge in [-0.2, -0.15) is 0 Å². The summed E-state index contributed by atoms with van der Waals surface area (Å²) in [6, 6.07) is 15.0. The smallest absolute Gasteiger partial charge is 0.255 e. The number of carbonyl (C=O) groups is 1. The number of nitrogens with one attached hydrogen (secondary N) is 2. The number of hydrogen-bond donors (Lipinski definition) is 2. The van der Waals surface area contributed by atoms with E-state index in [4.69, 9.17) is 16.3 Å². The quantitative estimate of drug-likeness (QED) is 0.450. The van der Waals surface area contributed by atoms with E-state index in [0.717, 1.165) is 27.7 Å². The van der Waals surface area contributed by atoms with Crippen molar-refractivity contribution in [1.29, 1.82) is 0 Å². The van der Waals surface area contributed by atoms with E-state index in [1.54, 1.807) is 18.5 Å². The van der Waals surface area contributed by atoms with Crippen LogP contribution in [0, 0.1) is 13.8 Å². The summed E-state index contributed by atoms with van der Waals surface area (Å²) >= 11 is 6.47. The number of amides is 1. The van der Waals surface area contributed by atoms with Crippen molar-refractivity contribution in [3.63, 3.8) is 0 Å². The Kier molecular flexibility index (Phi) is 5.23. The van der Waals surface area contributed by atoms with Gasteiger partial charge in [0.15, 0.2) is 0 Å². The standard InChI is InChI=1S/C23H20ClN3O2/c1-14-4-3-5-16(10-14)23(28)27-18-7-6-15(2)20(11-18)29-13-17-12-26-22-19(21(17)24)8-9-25-22/h3-12H,13H2,1-2H3,(H,25,26)(H,27,28). The van der Waals surface area contributed by atoms with E-state index < -0.39 is 0 Å². The highest BCUT2D eigenvalue weighted by molar-refractivity contribution is 6.36. The molecular weight excluding hydrogens is 386 g/mol. The molecule has 0 radical (unpaired) electrons. The maximum absolute atomic E-state index is 12.5. The van der Waals surface area contributed by atoms with E-state index in [1.807, 2.05) is 56.3 Å². The highest BCUT2D eigenvalue weighted by Gasteiger charge is 2.11. The number of halogens is 1. The number of carbonyl (C=O) groups excluding carboxylic acids is 1. The summed E-state index contributed by atoms with van der Waals surface area (Å²) in [5.74, 6) is 0.519. The van der Waals surface area contributed by atoms with Gasteiger partial charge in [-0.3, -0.25) is 4.79 Å². The number of aryl methyl sites for hydroxylation is 2. The third-order valence-electron chi connectivity index (χ3n) is 4.70. The molecule has 2 N–H and O–H groups in total. The summed E-state index contributed by atoms with van der Waals surface area (Å²) in [5, 5.41) is 4.41. The molecule has 0 saturated carbocycles. The number of hydrogen-bond acceptors (Lipinski definition) is 3. The van der Waals surface area contributed by atoms with Crippen LogP contribution in [-0.2, 0) is 6.61 Å². The Bertz CT molecular complexity index is 1200. The molecule has 146 valence electrons. The summed E-state index contributed by atoms with van der Waals surface area (Å²) in [4.78, 5) is 19.9. The van der Waals surface area contributed by atoms with Gasteiger partial charge >= 0.3 is 0 Å². The predicted octanol–water partition coefficient (Wildman–Crippen LogP) is 5.66. The van der Waals surface area contributed by atoms with Crippen LogP contribution >= 0.6 is 11.6 Å². The van der Waals surface area contributed by atoms with E-state index in [-0.39, 0.29) is 12.5 Å². The Morgan fingerprint density at radius 2 is 2.03 bits per heavy atom. The van der Waals surface area contributed by atoms with Crippen LogP contribution in [0.1, 0.15) is 27.0 Å². The fourth-order valence-electron chi connectivity index (χ4n) is 3.10. The summed E-state index contributed by atoms with van der Waals surface area (Å²) in [6.07, 6.45) is 3.51. The number of aromatic nitrogens is 2. The van der Waals surface area contributed by atoms with Gasteiger partial charge in [-0.1, -0.05) is 35.4 Å². The minimum absolute atomic E-state index is 0.159. The molecule has 0 spiro atoms. The maximum Gasteiger partial charge on any atom is 0.255 e. The van der Waals surface area contributed by atoms with Crippen LogP contribution in [0.4, 0.5) is 5.69 Å². The van der Waals surface area contributed by atoms with Crippen LogP contribution in [0.5, 0.6) is 5.75 Å². The largest absolute Gasteiger partial charge is 0.488 e. The topological polar surface area (TPSA) is 67.0 Å². The highest BCUT2D eigenvalue weighted by atomic mass is 35.5. The molecule has 2 heterocycles. The van der Waals surface area contributed by atoms with Crippen molar-refractivity contribution < 1.29 is 9.53 Å². The first-order chi connectivity index (χ1) is 14.0. The average molecular weight is 406 g/mol. The molecule has 1 amide bonds. The lowest BCUT2D eigenvalue weighted by atomic mass is 10.1. The summed E-state index contributed by atoms with van der Waals surface area (Å²) in [7, 11) is 0. The number of H-pyrrole nitrogens is 1. The van der Waals surface area contributed by atoms with Gasteiger partial charge in [-0.15, -0.1) is 0 Å². The third kappa shape index (κ3) is 4.10. The summed E-state index contributed by atoms with van der Waals surface area (Å²) in [6.45, 7) is 4.19. The number of pyridine rings is 1. The van der Waals surface area contributed by atoms with Crippen molar-refractivity contribution >= 4 is 34.2 Å². The van der Waals surface area contributed by atoms with E-state index in [9.17, 15) is 4.79 Å². The molecule has 2 aromatic heterocycles. The van der Waals surface area contributed by atoms with Gasteiger partial charge in [0.05, 0.1) is 5.02 Å². The molecule has 0 bridgehead atoms. The molecule has 2 aromatic carbocycles. The second-order valence-electron chi connectivity index (χ2n) is 6.93. The first-order valence-electron chi connectivity index (χ1n) is 9.23. The van der Waals surface area contributed by atoms with E-state index in [1.165, 1.54) is 0 Å². The van der Waals surface area contributed by atoms with E-state index >= 15 is 0 Å². The number of rotatable bonds is 5. The van der Waals surface area contributed by atoms with Crippen LogP contribution in [0.25, 0.3) is 11.0 Å². The molecular formula is C23H20ClN3O2. The number of aromatic amines is 1. The van der Waals surface area contributed by atoms with Crippen molar-refractivity contribution in [1.82, 2.24) is 9.97 Å². The first-order valence-corrected chi connectivity index (χ1v) is 9.61. The number of anilines is 1. The lowest BCUT2D eigenvalue weighted by Crippen LogP contribution is -2.12. The van der Waals surface area contributed by atoms with Crippen molar-refractivity contribution in [2.24, 2.45) is 0 Å². The third-order valence-corrected chi connectivity index (χ3v) is 5.15. The molecule has 5 nitrogen and oxygen atoms in total. The monoisotopic (exact) mass is 405 g/mol. The SMILES string of the molecule is Cc1cccc(C(=O)Nc2ccc(C)c(OCc3cnc4[nH]ccc4c3Cl)c2)c1. The molecule has 0 aliphatic carbocycles. The Morgan fingerprint density at radius 1 is 1.17 bits per heavy atom. The fraction of sp³-hybridized carbons (Fsp3) is 0.130. The van der Waals surface area contributed by atoms with E-state index in [0.29, 0.717) is 22.0 Å². The average Bonchev–Trinajstić information content (AvgIpc) is 3.19. The van der Waals surface area contributed by atoms with Crippen LogP contribution in [0.2, 0.25) is 5.02 Å². The molecule has 4 aromatic rings. The molecule has 0 saturated heterocycles. The van der Waals surface area contributed by atoms with Gasteiger partial charge in [0.25, 0.3) is 5.91 Å². The van der Waals surface area contributed by atoms with Crippen LogP contribution in [0.15, 0.2) is 60.9 Å². The summed E-state index contributed by atoms with van der Waals surface area (Å²) < 4.78 is 5.99. The first kappa shape index (κ1) is 19.0. The van der Waals surface area contributed by atoms with Gasteiger partial charge < -0.3 is 15.0 Å². The second kappa shape index (κ2) is 7.97. The number of fused-ring (bicyclic) bond motifs is 1. The molecule has 0 aliphatic rings. The fourth-order valence-corrected chi connectivity index (χ4v) is 3.35.